The first kappa shape index (κ1) is 76.7. The fourth-order valence-corrected chi connectivity index (χ4v) is 11.2. The van der Waals surface area contributed by atoms with Gasteiger partial charge < -0.3 is 28.8 Å². The summed E-state index contributed by atoms with van der Waals surface area (Å²) in [4.78, 5) is 25.6. The number of amides is 1. The molecule has 0 radical (unpaired) electrons. The molecule has 0 aliphatic carbocycles. The molecule has 78 heavy (non-hydrogen) atoms. The van der Waals surface area contributed by atoms with Gasteiger partial charge in [0.15, 0.2) is 0 Å². The molecule has 1 amide bonds. The molecule has 462 valence electrons. The van der Waals surface area contributed by atoms with Crippen LogP contribution in [-0.2, 0) is 18.4 Å². The number of phosphoric ester groups is 1. The van der Waals surface area contributed by atoms with Crippen molar-refractivity contribution in [2.24, 2.45) is 0 Å². The standard InChI is InChI=1S/C69H135N2O6P/c1-6-8-10-12-14-16-18-20-22-24-26-28-30-32-33-34-35-36-37-39-41-43-45-47-49-51-53-55-57-59-61-63-69(73)70-67(66-77-78(74,75)76-65-64-71(3,4)5)68(72)62-60-58-56-54-52-50-48-46-44-42-40-38-31-29-27-25-23-21-19-17-15-13-11-9-7-2/h44,46,52,54,60,62,67-68,72H,6-43,45,47-51,53,55-59,61,63-66H2,1-5H3,(H-,70,73,74,75)/b46-44+,54-52+,62-60+. The molecule has 0 aliphatic rings. The molecule has 0 aromatic heterocycles. The molecule has 0 spiro atoms. The Labute approximate surface area is 487 Å². The van der Waals surface area contributed by atoms with Crippen LogP contribution in [0.1, 0.15) is 348 Å². The van der Waals surface area contributed by atoms with Crippen LogP contribution in [0.25, 0.3) is 0 Å². The number of nitrogens with one attached hydrogen (secondary N) is 1. The van der Waals surface area contributed by atoms with Gasteiger partial charge in [0.25, 0.3) is 7.82 Å². The van der Waals surface area contributed by atoms with Gasteiger partial charge in [0.05, 0.1) is 39.9 Å². The summed E-state index contributed by atoms with van der Waals surface area (Å²) in [7, 11) is 1.25. The van der Waals surface area contributed by atoms with Crippen LogP contribution in [-0.4, -0.2) is 68.5 Å². The molecule has 0 rings (SSSR count). The number of unbranched alkanes of at least 4 members (excludes halogenated alkanes) is 47. The second-order valence-corrected chi connectivity index (χ2v) is 26.3. The lowest BCUT2D eigenvalue weighted by atomic mass is 10.0. The normalized spacial score (nSPS) is 13.9. The maximum Gasteiger partial charge on any atom is 0.268 e. The van der Waals surface area contributed by atoms with E-state index in [9.17, 15) is 19.4 Å². The molecule has 0 aromatic rings. The lowest BCUT2D eigenvalue weighted by molar-refractivity contribution is -0.870. The molecule has 9 heteroatoms. The third-order valence-corrected chi connectivity index (χ3v) is 16.8. The van der Waals surface area contributed by atoms with E-state index in [1.807, 2.05) is 27.2 Å². The Morgan fingerprint density at radius 1 is 0.436 bits per heavy atom. The van der Waals surface area contributed by atoms with Gasteiger partial charge in [-0.3, -0.25) is 9.36 Å². The van der Waals surface area contributed by atoms with Crippen molar-refractivity contribution in [1.29, 1.82) is 0 Å². The molecular formula is C69H135N2O6P. The number of nitrogens with zero attached hydrogens (tertiary/aromatic N) is 1. The van der Waals surface area contributed by atoms with Gasteiger partial charge in [-0.15, -0.1) is 0 Å². The first-order chi connectivity index (χ1) is 38.0. The van der Waals surface area contributed by atoms with Crippen LogP contribution in [0, 0.1) is 0 Å². The SMILES string of the molecule is CCCCCCCCCCCCCCCCC/C=C/CC/C=C/CC/C=C/C(O)C(COP(=O)([O-])OCC[N+](C)(C)C)NC(=O)CCCCCCCCCCCCCCCCCCCCCCCCCCCCCCCCC. The van der Waals surface area contributed by atoms with Crippen LogP contribution in [0.15, 0.2) is 36.5 Å². The van der Waals surface area contributed by atoms with E-state index in [1.165, 1.54) is 283 Å². The van der Waals surface area contributed by atoms with Crippen molar-refractivity contribution < 1.29 is 32.9 Å². The second-order valence-electron chi connectivity index (χ2n) is 24.9. The van der Waals surface area contributed by atoms with Crippen molar-refractivity contribution in [3.05, 3.63) is 36.5 Å². The van der Waals surface area contributed by atoms with Gasteiger partial charge in [0, 0.05) is 6.42 Å². The van der Waals surface area contributed by atoms with Crippen molar-refractivity contribution in [2.45, 2.75) is 360 Å². The van der Waals surface area contributed by atoms with E-state index < -0.39 is 26.6 Å². The molecule has 3 unspecified atom stereocenters. The zero-order valence-electron chi connectivity index (χ0n) is 52.9. The Morgan fingerprint density at radius 3 is 1.04 bits per heavy atom. The highest BCUT2D eigenvalue weighted by molar-refractivity contribution is 7.45. The van der Waals surface area contributed by atoms with Crippen LogP contribution in [0.5, 0.6) is 0 Å². The summed E-state index contributed by atoms with van der Waals surface area (Å²) < 4.78 is 23.4. The highest BCUT2D eigenvalue weighted by atomic mass is 31.2. The lowest BCUT2D eigenvalue weighted by Gasteiger charge is -2.29. The number of rotatable bonds is 64. The average Bonchev–Trinajstić information content (AvgIpc) is 3.41. The van der Waals surface area contributed by atoms with Crippen molar-refractivity contribution in [3.8, 4) is 0 Å². The van der Waals surface area contributed by atoms with Gasteiger partial charge >= 0.3 is 0 Å². The zero-order valence-corrected chi connectivity index (χ0v) is 53.8. The van der Waals surface area contributed by atoms with Crippen molar-refractivity contribution >= 4 is 13.7 Å². The van der Waals surface area contributed by atoms with Gasteiger partial charge in [-0.1, -0.05) is 333 Å². The zero-order chi connectivity index (χ0) is 57.0. The molecule has 8 nitrogen and oxygen atoms in total. The number of aliphatic hydroxyl groups excluding tert-OH is 1. The summed E-state index contributed by atoms with van der Waals surface area (Å²) in [5, 5.41) is 13.9. The highest BCUT2D eigenvalue weighted by Crippen LogP contribution is 2.38. The maximum absolute atomic E-state index is 13.0. The second kappa shape index (κ2) is 60.3. The van der Waals surface area contributed by atoms with Crippen molar-refractivity contribution in [1.82, 2.24) is 5.32 Å². The van der Waals surface area contributed by atoms with E-state index in [2.05, 4.69) is 43.5 Å². The van der Waals surface area contributed by atoms with Crippen molar-refractivity contribution in [3.63, 3.8) is 0 Å². The summed E-state index contributed by atoms with van der Waals surface area (Å²) in [6.45, 7) is 4.68. The Balaban J connectivity index is 4.09. The molecule has 0 saturated heterocycles. The molecular weight excluding hydrogens is 984 g/mol. The van der Waals surface area contributed by atoms with Crippen LogP contribution < -0.4 is 10.2 Å². The van der Waals surface area contributed by atoms with Crippen LogP contribution in [0.4, 0.5) is 0 Å². The summed E-state index contributed by atoms with van der Waals surface area (Å²) in [5.41, 5.74) is 0. The van der Waals surface area contributed by atoms with E-state index in [0.29, 0.717) is 17.4 Å². The first-order valence-electron chi connectivity index (χ1n) is 34.4. The van der Waals surface area contributed by atoms with E-state index >= 15 is 0 Å². The summed E-state index contributed by atoms with van der Waals surface area (Å²) in [6.07, 6.45) is 79.9. The first-order valence-corrected chi connectivity index (χ1v) is 35.8. The van der Waals surface area contributed by atoms with Crippen LogP contribution in [0.3, 0.4) is 0 Å². The number of likely N-dealkylation sites (N-methyl/N-ethyl adjacent to an activating group) is 1. The van der Waals surface area contributed by atoms with Crippen molar-refractivity contribution in [2.75, 3.05) is 40.9 Å². The maximum atomic E-state index is 13.0. The lowest BCUT2D eigenvalue weighted by Crippen LogP contribution is -2.45. The number of phosphoric acid groups is 1. The molecule has 3 atom stereocenters. The predicted molar refractivity (Wildman–Crippen MR) is 339 cm³/mol. The molecule has 0 aliphatic heterocycles. The molecule has 0 aromatic carbocycles. The van der Waals surface area contributed by atoms with Gasteiger partial charge in [-0.25, -0.2) is 0 Å². The Hall–Kier alpha value is -1.28. The summed E-state index contributed by atoms with van der Waals surface area (Å²) in [6, 6.07) is -0.909. The number of allylic oxidation sites excluding steroid dienone is 5. The molecule has 0 saturated carbocycles. The minimum Gasteiger partial charge on any atom is -0.756 e. The minimum atomic E-state index is -4.61. The molecule has 0 fully saturated rings. The fraction of sp³-hybridized carbons (Fsp3) is 0.899. The van der Waals surface area contributed by atoms with Gasteiger partial charge in [0.1, 0.15) is 13.2 Å². The summed E-state index contributed by atoms with van der Waals surface area (Å²) >= 11 is 0. The third-order valence-electron chi connectivity index (χ3n) is 15.8. The number of carbonyl (C=O) groups excluding carboxylic acids is 1. The average molecular weight is 1120 g/mol. The Kier molecular flexibility index (Phi) is 59.3. The number of aliphatic hydroxyl groups is 1. The molecule has 0 heterocycles. The highest BCUT2D eigenvalue weighted by Gasteiger charge is 2.23. The fourth-order valence-electron chi connectivity index (χ4n) is 10.5. The quantitative estimate of drug-likeness (QED) is 0.0272. The van der Waals surface area contributed by atoms with Gasteiger partial charge in [0.2, 0.25) is 5.91 Å². The number of hydrogen-bond acceptors (Lipinski definition) is 6. The Morgan fingerprint density at radius 2 is 0.718 bits per heavy atom. The van der Waals surface area contributed by atoms with Crippen LogP contribution in [0.2, 0.25) is 0 Å². The van der Waals surface area contributed by atoms with E-state index in [0.717, 1.165) is 44.9 Å². The monoisotopic (exact) mass is 1120 g/mol. The summed E-state index contributed by atoms with van der Waals surface area (Å²) in [5.74, 6) is -0.204. The van der Waals surface area contributed by atoms with E-state index in [-0.39, 0.29) is 12.5 Å². The predicted octanol–water partition coefficient (Wildman–Crippen LogP) is 21.0. The van der Waals surface area contributed by atoms with Crippen LogP contribution >= 0.6 is 7.82 Å². The van der Waals surface area contributed by atoms with Gasteiger partial charge in [-0.2, -0.15) is 0 Å². The number of carbonyl (C=O) groups is 1. The van der Waals surface area contributed by atoms with E-state index in [4.69, 9.17) is 9.05 Å². The third kappa shape index (κ3) is 62.3. The molecule has 0 bridgehead atoms. The smallest absolute Gasteiger partial charge is 0.268 e. The Bertz CT molecular complexity index is 1360. The number of quaternary nitrogens is 1. The number of hydrogen-bond donors (Lipinski definition) is 2. The minimum absolute atomic E-state index is 0.00711. The molecule has 2 N–H and O–H groups in total. The van der Waals surface area contributed by atoms with Gasteiger partial charge in [-0.05, 0) is 44.9 Å². The largest absolute Gasteiger partial charge is 0.756 e. The topological polar surface area (TPSA) is 108 Å². The van der Waals surface area contributed by atoms with E-state index in [1.54, 1.807) is 6.08 Å².